The van der Waals surface area contributed by atoms with Crippen molar-refractivity contribution >= 4 is 29.3 Å². The van der Waals surface area contributed by atoms with E-state index in [0.717, 1.165) is 17.7 Å². The molecule has 0 saturated carbocycles. The number of carbonyl (C=O) groups is 1. The van der Waals surface area contributed by atoms with Crippen molar-refractivity contribution in [2.75, 3.05) is 12.3 Å². The van der Waals surface area contributed by atoms with E-state index in [-0.39, 0.29) is 17.2 Å². The summed E-state index contributed by atoms with van der Waals surface area (Å²) in [5.41, 5.74) is 7.03. The van der Waals surface area contributed by atoms with E-state index in [9.17, 15) is 4.79 Å². The number of hydrogen-bond acceptors (Lipinski definition) is 5. The minimum atomic E-state index is -0.253. The van der Waals surface area contributed by atoms with Crippen molar-refractivity contribution in [1.29, 1.82) is 5.26 Å². The molecule has 134 valence electrons. The second-order valence-electron chi connectivity index (χ2n) is 5.94. The van der Waals surface area contributed by atoms with Gasteiger partial charge in [0.05, 0.1) is 11.6 Å². The molecule has 0 radical (unpaired) electrons. The molecule has 5 nitrogen and oxygen atoms in total. The number of nitrogens with zero attached hydrogens (tertiary/aromatic N) is 1. The molecule has 3 N–H and O–H groups in total. The maximum Gasteiger partial charge on any atom is 0.237 e. The third kappa shape index (κ3) is 4.50. The zero-order valence-electron chi connectivity index (χ0n) is 13.9. The second kappa shape index (κ2) is 8.45. The van der Waals surface area contributed by atoms with Crippen molar-refractivity contribution in [3.05, 3.63) is 58.6 Å². The van der Waals surface area contributed by atoms with E-state index >= 15 is 0 Å². The SMILES string of the molecule is N#Cc1cc(Cl)cc(Oc2ccc([C@H]3SCC[C@@H](CN)NC3=O)cc2)c1. The molecule has 1 aliphatic heterocycles. The van der Waals surface area contributed by atoms with Crippen LogP contribution in [0.5, 0.6) is 11.5 Å². The van der Waals surface area contributed by atoms with E-state index in [1.54, 1.807) is 42.1 Å². The number of nitrogens with one attached hydrogen (secondary N) is 1. The summed E-state index contributed by atoms with van der Waals surface area (Å²) in [6.07, 6.45) is 0.876. The molecule has 0 aromatic heterocycles. The molecule has 7 heteroatoms. The molecule has 1 heterocycles. The molecule has 0 spiro atoms. The Hall–Kier alpha value is -2.20. The molecule has 1 amide bonds. The molecule has 1 saturated heterocycles. The molecule has 2 aromatic rings. The summed E-state index contributed by atoms with van der Waals surface area (Å²) in [6.45, 7) is 0.454. The van der Waals surface area contributed by atoms with Crippen molar-refractivity contribution in [3.8, 4) is 17.6 Å². The van der Waals surface area contributed by atoms with Crippen LogP contribution in [0.15, 0.2) is 42.5 Å². The van der Waals surface area contributed by atoms with Crippen LogP contribution in [0.2, 0.25) is 5.02 Å². The fraction of sp³-hybridized carbons (Fsp3) is 0.263. The lowest BCUT2D eigenvalue weighted by atomic mass is 10.1. The van der Waals surface area contributed by atoms with E-state index < -0.39 is 0 Å². The van der Waals surface area contributed by atoms with Gasteiger partial charge >= 0.3 is 0 Å². The standard InChI is InChI=1S/C19H18ClN3O2S/c20-14-7-12(10-21)8-17(9-14)25-16-3-1-13(2-4-16)18-19(24)23-15(11-22)5-6-26-18/h1-4,7-9,15,18H,5-6,11,22H2,(H,23,24)/t15-,18+/m0/s1. The number of amides is 1. The van der Waals surface area contributed by atoms with E-state index in [2.05, 4.69) is 5.32 Å². The Balaban J connectivity index is 1.73. The summed E-state index contributed by atoms with van der Waals surface area (Å²) in [5.74, 6) is 1.97. The van der Waals surface area contributed by atoms with Crippen LogP contribution in [0, 0.1) is 11.3 Å². The first-order valence-electron chi connectivity index (χ1n) is 8.19. The monoisotopic (exact) mass is 387 g/mol. The van der Waals surface area contributed by atoms with Gasteiger partial charge in [0.1, 0.15) is 16.7 Å². The van der Waals surface area contributed by atoms with Crippen LogP contribution in [0.1, 0.15) is 22.8 Å². The smallest absolute Gasteiger partial charge is 0.237 e. The van der Waals surface area contributed by atoms with Gasteiger partial charge in [-0.15, -0.1) is 11.8 Å². The third-order valence-corrected chi connectivity index (χ3v) is 5.55. The van der Waals surface area contributed by atoms with Gasteiger partial charge in [-0.25, -0.2) is 0 Å². The van der Waals surface area contributed by atoms with Crippen molar-refractivity contribution < 1.29 is 9.53 Å². The first kappa shape index (κ1) is 18.6. The number of nitrogens with two attached hydrogens (primary N) is 1. The number of benzene rings is 2. The molecule has 1 fully saturated rings. The van der Waals surface area contributed by atoms with Gasteiger partial charge in [0, 0.05) is 17.6 Å². The maximum absolute atomic E-state index is 12.4. The van der Waals surface area contributed by atoms with Crippen LogP contribution in [0.25, 0.3) is 0 Å². The van der Waals surface area contributed by atoms with Crippen molar-refractivity contribution in [3.63, 3.8) is 0 Å². The summed E-state index contributed by atoms with van der Waals surface area (Å²) in [5, 5.41) is 12.2. The molecular formula is C19H18ClN3O2S. The highest BCUT2D eigenvalue weighted by molar-refractivity contribution is 8.00. The predicted molar refractivity (Wildman–Crippen MR) is 103 cm³/mol. The van der Waals surface area contributed by atoms with Gasteiger partial charge in [0.15, 0.2) is 0 Å². The minimum Gasteiger partial charge on any atom is -0.457 e. The zero-order valence-corrected chi connectivity index (χ0v) is 15.5. The number of ether oxygens (including phenoxy) is 1. The van der Waals surface area contributed by atoms with Crippen molar-refractivity contribution in [2.24, 2.45) is 5.73 Å². The quantitative estimate of drug-likeness (QED) is 0.836. The predicted octanol–water partition coefficient (Wildman–Crippen LogP) is 3.63. The van der Waals surface area contributed by atoms with Gasteiger partial charge in [0.2, 0.25) is 5.91 Å². The van der Waals surface area contributed by atoms with Gasteiger partial charge in [-0.1, -0.05) is 23.7 Å². The maximum atomic E-state index is 12.4. The van der Waals surface area contributed by atoms with Gasteiger partial charge in [-0.3, -0.25) is 4.79 Å². The van der Waals surface area contributed by atoms with Crippen LogP contribution < -0.4 is 15.8 Å². The largest absolute Gasteiger partial charge is 0.457 e. The van der Waals surface area contributed by atoms with Crippen molar-refractivity contribution in [1.82, 2.24) is 5.32 Å². The Bertz CT molecular complexity index is 836. The Morgan fingerprint density at radius 3 is 2.73 bits per heavy atom. The lowest BCUT2D eigenvalue weighted by molar-refractivity contribution is -0.121. The Kier molecular flexibility index (Phi) is 6.04. The highest BCUT2D eigenvalue weighted by atomic mass is 35.5. The van der Waals surface area contributed by atoms with Gasteiger partial charge < -0.3 is 15.8 Å². The number of halogens is 1. The molecule has 26 heavy (non-hydrogen) atoms. The highest BCUT2D eigenvalue weighted by Crippen LogP contribution is 2.34. The van der Waals surface area contributed by atoms with E-state index in [0.29, 0.717) is 28.6 Å². The summed E-state index contributed by atoms with van der Waals surface area (Å²) in [7, 11) is 0. The first-order chi connectivity index (χ1) is 12.6. The first-order valence-corrected chi connectivity index (χ1v) is 9.62. The van der Waals surface area contributed by atoms with Gasteiger partial charge in [-0.2, -0.15) is 5.26 Å². The zero-order chi connectivity index (χ0) is 18.5. The number of rotatable bonds is 4. The molecule has 1 aliphatic rings. The lowest BCUT2D eigenvalue weighted by Crippen LogP contribution is -2.40. The van der Waals surface area contributed by atoms with Crippen LogP contribution in [0.3, 0.4) is 0 Å². The fourth-order valence-electron chi connectivity index (χ4n) is 2.71. The highest BCUT2D eigenvalue weighted by Gasteiger charge is 2.26. The number of carbonyl (C=O) groups excluding carboxylic acids is 1. The third-order valence-electron chi connectivity index (χ3n) is 4.04. The molecule has 2 atom stereocenters. The second-order valence-corrected chi connectivity index (χ2v) is 7.59. The van der Waals surface area contributed by atoms with E-state index in [4.69, 9.17) is 27.3 Å². The molecule has 0 aliphatic carbocycles. The summed E-state index contributed by atoms with van der Waals surface area (Å²) in [4.78, 5) is 12.4. The average molecular weight is 388 g/mol. The topological polar surface area (TPSA) is 88.1 Å². The van der Waals surface area contributed by atoms with Crippen LogP contribution in [-0.4, -0.2) is 24.2 Å². The average Bonchev–Trinajstić information content (AvgIpc) is 2.83. The molecule has 3 rings (SSSR count). The van der Waals surface area contributed by atoms with Crippen LogP contribution in [-0.2, 0) is 4.79 Å². The lowest BCUT2D eigenvalue weighted by Gasteiger charge is -2.16. The minimum absolute atomic E-state index is 0.00915. The Labute approximate surface area is 161 Å². The van der Waals surface area contributed by atoms with E-state index in [1.807, 2.05) is 18.2 Å². The van der Waals surface area contributed by atoms with Crippen LogP contribution in [0.4, 0.5) is 0 Å². The van der Waals surface area contributed by atoms with Gasteiger partial charge in [0.25, 0.3) is 0 Å². The fourth-order valence-corrected chi connectivity index (χ4v) is 4.16. The van der Waals surface area contributed by atoms with Crippen LogP contribution >= 0.6 is 23.4 Å². The normalized spacial score (nSPS) is 20.0. The number of nitriles is 1. The van der Waals surface area contributed by atoms with E-state index in [1.165, 1.54) is 0 Å². The summed E-state index contributed by atoms with van der Waals surface area (Å²) in [6, 6.07) is 14.3. The molecular weight excluding hydrogens is 370 g/mol. The number of hydrogen-bond donors (Lipinski definition) is 2. The molecule has 0 unspecified atom stereocenters. The molecule has 2 aromatic carbocycles. The number of thioether (sulfide) groups is 1. The Morgan fingerprint density at radius 1 is 1.27 bits per heavy atom. The Morgan fingerprint density at radius 2 is 2.04 bits per heavy atom. The van der Waals surface area contributed by atoms with Gasteiger partial charge in [-0.05, 0) is 48.1 Å². The van der Waals surface area contributed by atoms with Crippen molar-refractivity contribution in [2.45, 2.75) is 17.7 Å². The molecule has 0 bridgehead atoms. The summed E-state index contributed by atoms with van der Waals surface area (Å²) >= 11 is 7.61. The summed E-state index contributed by atoms with van der Waals surface area (Å²) < 4.78 is 5.77.